The van der Waals surface area contributed by atoms with Crippen molar-refractivity contribution in [3.63, 3.8) is 0 Å². The van der Waals surface area contributed by atoms with E-state index in [9.17, 15) is 9.59 Å². The highest BCUT2D eigenvalue weighted by atomic mass is 32.1. The highest BCUT2D eigenvalue weighted by Crippen LogP contribution is 2.29. The first-order valence-corrected chi connectivity index (χ1v) is 8.55. The van der Waals surface area contributed by atoms with Gasteiger partial charge in [0.15, 0.2) is 17.0 Å². The Bertz CT molecular complexity index is 1020. The normalized spacial score (nSPS) is 11.9. The molecule has 0 fully saturated rings. The van der Waals surface area contributed by atoms with Crippen LogP contribution in [0, 0.1) is 0 Å². The maximum Gasteiger partial charge on any atom is 0.348 e. The summed E-state index contributed by atoms with van der Waals surface area (Å²) in [6.07, 6.45) is 1.68. The molecule has 0 aliphatic rings. The Hall–Kier alpha value is -3.34. The third-order valence-electron chi connectivity index (χ3n) is 3.76. The zero-order valence-electron chi connectivity index (χ0n) is 14.5. The minimum absolute atomic E-state index is 0.00316. The van der Waals surface area contributed by atoms with E-state index in [1.54, 1.807) is 12.1 Å². The van der Waals surface area contributed by atoms with Crippen molar-refractivity contribution < 1.29 is 19.1 Å². The standard InChI is InChI=1S/C16H16N6O4S/c1-25-14(23)8(9-3-4-10(27-9)15(24)26-2)5-7-6-19-13-11(20-7)12(17)21-16(18)22-13/h3-4,6,8H,5H2,1-2H3,(H4,17,18,19,21,22). The van der Waals surface area contributed by atoms with Crippen molar-refractivity contribution in [3.05, 3.63) is 33.8 Å². The van der Waals surface area contributed by atoms with E-state index < -0.39 is 17.9 Å². The lowest BCUT2D eigenvalue weighted by Crippen LogP contribution is -2.17. The van der Waals surface area contributed by atoms with E-state index in [4.69, 9.17) is 20.9 Å². The molecule has 3 rings (SSSR count). The Labute approximate surface area is 157 Å². The third kappa shape index (κ3) is 3.77. The van der Waals surface area contributed by atoms with E-state index in [0.29, 0.717) is 21.0 Å². The molecule has 3 heterocycles. The van der Waals surface area contributed by atoms with Gasteiger partial charge in [0, 0.05) is 11.3 Å². The Morgan fingerprint density at radius 2 is 1.93 bits per heavy atom. The number of nitrogens with zero attached hydrogens (tertiary/aromatic N) is 4. The molecule has 10 nitrogen and oxygen atoms in total. The molecule has 11 heteroatoms. The largest absolute Gasteiger partial charge is 0.469 e. The lowest BCUT2D eigenvalue weighted by atomic mass is 10.0. The molecule has 0 saturated carbocycles. The number of carbonyl (C=O) groups is 2. The van der Waals surface area contributed by atoms with Crippen molar-refractivity contribution >= 4 is 46.2 Å². The number of thiophene rings is 1. The molecular formula is C16H16N6O4S. The van der Waals surface area contributed by atoms with Gasteiger partial charge in [-0.1, -0.05) is 0 Å². The van der Waals surface area contributed by atoms with Gasteiger partial charge in [0.2, 0.25) is 5.95 Å². The van der Waals surface area contributed by atoms with Crippen LogP contribution in [0.15, 0.2) is 18.3 Å². The van der Waals surface area contributed by atoms with Crippen LogP contribution in [0.5, 0.6) is 0 Å². The summed E-state index contributed by atoms with van der Waals surface area (Å²) in [5.74, 6) is -1.49. The number of anilines is 2. The maximum absolute atomic E-state index is 12.3. The summed E-state index contributed by atoms with van der Waals surface area (Å²) >= 11 is 1.16. The number of ether oxygens (including phenoxy) is 2. The van der Waals surface area contributed by atoms with Crippen LogP contribution < -0.4 is 11.5 Å². The smallest absolute Gasteiger partial charge is 0.348 e. The number of fused-ring (bicyclic) bond motifs is 1. The second-order valence-electron chi connectivity index (χ2n) is 5.47. The molecule has 0 spiro atoms. The average Bonchev–Trinajstić information content (AvgIpc) is 3.15. The summed E-state index contributed by atoms with van der Waals surface area (Å²) in [7, 11) is 2.59. The van der Waals surface area contributed by atoms with Crippen molar-refractivity contribution in [1.82, 2.24) is 19.9 Å². The molecular weight excluding hydrogens is 372 g/mol. The number of aromatic nitrogens is 4. The van der Waals surface area contributed by atoms with Crippen molar-refractivity contribution in [2.75, 3.05) is 25.7 Å². The van der Waals surface area contributed by atoms with Crippen LogP contribution in [0.4, 0.5) is 11.8 Å². The van der Waals surface area contributed by atoms with E-state index >= 15 is 0 Å². The molecule has 3 aromatic rings. The van der Waals surface area contributed by atoms with Crippen molar-refractivity contribution in [2.24, 2.45) is 0 Å². The number of methoxy groups -OCH3 is 2. The monoisotopic (exact) mass is 388 g/mol. The minimum atomic E-state index is -0.666. The summed E-state index contributed by atoms with van der Waals surface area (Å²) in [6.45, 7) is 0. The van der Waals surface area contributed by atoms with Crippen LogP contribution in [-0.4, -0.2) is 46.1 Å². The molecule has 0 saturated heterocycles. The zero-order valence-corrected chi connectivity index (χ0v) is 15.3. The van der Waals surface area contributed by atoms with Crippen LogP contribution in [-0.2, 0) is 20.7 Å². The topological polar surface area (TPSA) is 156 Å². The molecule has 4 N–H and O–H groups in total. The van der Waals surface area contributed by atoms with Crippen LogP contribution in [0.1, 0.15) is 26.2 Å². The SMILES string of the molecule is COC(=O)c1ccc(C(Cc2cnc3nc(N)nc(N)c3n2)C(=O)OC)s1. The molecule has 27 heavy (non-hydrogen) atoms. The van der Waals surface area contributed by atoms with E-state index in [1.807, 2.05) is 0 Å². The third-order valence-corrected chi connectivity index (χ3v) is 4.94. The number of esters is 2. The predicted molar refractivity (Wildman–Crippen MR) is 98.1 cm³/mol. The first-order chi connectivity index (χ1) is 12.9. The summed E-state index contributed by atoms with van der Waals surface area (Å²) in [4.78, 5) is 41.4. The van der Waals surface area contributed by atoms with Crippen molar-refractivity contribution in [2.45, 2.75) is 12.3 Å². The number of hydrogen-bond acceptors (Lipinski definition) is 11. The number of hydrogen-bond donors (Lipinski definition) is 2. The van der Waals surface area contributed by atoms with Gasteiger partial charge >= 0.3 is 11.9 Å². The molecule has 1 atom stereocenters. The van der Waals surface area contributed by atoms with Crippen molar-refractivity contribution in [1.29, 1.82) is 0 Å². The molecule has 1 unspecified atom stereocenters. The molecule has 0 radical (unpaired) electrons. The van der Waals surface area contributed by atoms with Crippen LogP contribution in [0.25, 0.3) is 11.2 Å². The van der Waals surface area contributed by atoms with Crippen molar-refractivity contribution in [3.8, 4) is 0 Å². The molecule has 0 bridgehead atoms. The van der Waals surface area contributed by atoms with Gasteiger partial charge in [0.05, 0.1) is 32.0 Å². The van der Waals surface area contributed by atoms with Gasteiger partial charge < -0.3 is 20.9 Å². The van der Waals surface area contributed by atoms with Gasteiger partial charge in [-0.3, -0.25) is 4.79 Å². The van der Waals surface area contributed by atoms with E-state index in [1.165, 1.54) is 20.4 Å². The zero-order chi connectivity index (χ0) is 19.6. The molecule has 3 aromatic heterocycles. The minimum Gasteiger partial charge on any atom is -0.469 e. The summed E-state index contributed by atoms with van der Waals surface area (Å²) in [5, 5.41) is 0. The Morgan fingerprint density at radius 3 is 2.63 bits per heavy atom. The second kappa shape index (κ2) is 7.50. The predicted octanol–water partition coefficient (Wildman–Crippen LogP) is 0.932. The fourth-order valence-electron chi connectivity index (χ4n) is 2.48. The summed E-state index contributed by atoms with van der Waals surface area (Å²) in [5.41, 5.74) is 12.4. The average molecular weight is 388 g/mol. The Balaban J connectivity index is 1.95. The van der Waals surface area contributed by atoms with Crippen LogP contribution in [0.2, 0.25) is 0 Å². The highest BCUT2D eigenvalue weighted by molar-refractivity contribution is 7.14. The van der Waals surface area contributed by atoms with Gasteiger partial charge in [0.25, 0.3) is 0 Å². The summed E-state index contributed by atoms with van der Waals surface area (Å²) < 4.78 is 9.60. The van der Waals surface area contributed by atoms with E-state index in [0.717, 1.165) is 11.3 Å². The van der Waals surface area contributed by atoms with Gasteiger partial charge in [-0.05, 0) is 12.1 Å². The molecule has 0 amide bonds. The number of carbonyl (C=O) groups excluding carboxylic acids is 2. The lowest BCUT2D eigenvalue weighted by molar-refractivity contribution is -0.142. The molecule has 0 aliphatic heterocycles. The Morgan fingerprint density at radius 1 is 1.15 bits per heavy atom. The van der Waals surface area contributed by atoms with Crippen LogP contribution in [0.3, 0.4) is 0 Å². The van der Waals surface area contributed by atoms with Gasteiger partial charge in [-0.15, -0.1) is 11.3 Å². The van der Waals surface area contributed by atoms with Crippen LogP contribution >= 0.6 is 11.3 Å². The molecule has 0 aliphatic carbocycles. The fraction of sp³-hybridized carbons (Fsp3) is 0.250. The number of nitrogens with two attached hydrogens (primary N) is 2. The lowest BCUT2D eigenvalue weighted by Gasteiger charge is -2.13. The maximum atomic E-state index is 12.3. The van der Waals surface area contributed by atoms with Gasteiger partial charge in [-0.25, -0.2) is 14.8 Å². The first kappa shape index (κ1) is 18.5. The van der Waals surface area contributed by atoms with Gasteiger partial charge in [-0.2, -0.15) is 9.97 Å². The first-order valence-electron chi connectivity index (χ1n) is 7.73. The van der Waals surface area contributed by atoms with E-state index in [-0.39, 0.29) is 23.8 Å². The fourth-order valence-corrected chi connectivity index (χ4v) is 3.50. The quantitative estimate of drug-likeness (QED) is 0.603. The van der Waals surface area contributed by atoms with Gasteiger partial charge in [0.1, 0.15) is 4.88 Å². The Kier molecular flexibility index (Phi) is 5.12. The number of rotatable bonds is 5. The second-order valence-corrected chi connectivity index (χ2v) is 6.59. The molecule has 0 aromatic carbocycles. The molecule has 140 valence electrons. The van der Waals surface area contributed by atoms with E-state index in [2.05, 4.69) is 19.9 Å². The summed E-state index contributed by atoms with van der Waals surface area (Å²) in [6, 6.07) is 3.29. The highest BCUT2D eigenvalue weighted by Gasteiger charge is 2.26. The number of nitrogen functional groups attached to an aromatic ring is 2.